The molecule has 6 nitrogen and oxygen atoms in total. The highest BCUT2D eigenvalue weighted by Crippen LogP contribution is 2.32. The topological polar surface area (TPSA) is 74.8 Å². The van der Waals surface area contributed by atoms with E-state index in [1.165, 1.54) is 5.39 Å². The Hall–Kier alpha value is -4.45. The normalized spacial score (nSPS) is 17.5. The van der Waals surface area contributed by atoms with E-state index in [9.17, 15) is 9.59 Å². The molecule has 208 valence electrons. The number of aliphatic imine (C=N–C) groups is 1. The van der Waals surface area contributed by atoms with E-state index in [2.05, 4.69) is 59.6 Å². The number of benzene rings is 3. The second kappa shape index (κ2) is 11.6. The SMILES string of the molecule is CC(C)OC(=O)C[C@@H](C(=O)N1CCC[C@H]1C1=NCC(c2ccc(-c3cc4ccccc4[nH]3)cc2)=C1)c1ccccc1. The number of aromatic nitrogens is 1. The summed E-state index contributed by atoms with van der Waals surface area (Å²) in [5.74, 6) is -0.966. The monoisotopic (exact) mass is 545 g/mol. The molecule has 0 radical (unpaired) electrons. The van der Waals surface area contributed by atoms with Gasteiger partial charge < -0.3 is 14.6 Å². The number of rotatable bonds is 8. The molecular weight excluding hydrogens is 510 g/mol. The Labute approximate surface area is 240 Å². The zero-order valence-electron chi connectivity index (χ0n) is 23.5. The highest BCUT2D eigenvalue weighted by atomic mass is 16.5. The third-order valence-electron chi connectivity index (χ3n) is 7.97. The van der Waals surface area contributed by atoms with Crippen molar-refractivity contribution in [1.82, 2.24) is 9.88 Å². The lowest BCUT2D eigenvalue weighted by molar-refractivity contribution is -0.150. The van der Waals surface area contributed by atoms with Crippen LogP contribution in [0.5, 0.6) is 0 Å². The first-order valence-electron chi connectivity index (χ1n) is 14.4. The average Bonchev–Trinajstić information content (AvgIpc) is 3.75. The molecule has 1 saturated heterocycles. The largest absolute Gasteiger partial charge is 0.463 e. The summed E-state index contributed by atoms with van der Waals surface area (Å²) in [6.07, 6.45) is 3.74. The van der Waals surface area contributed by atoms with Crippen LogP contribution >= 0.6 is 0 Å². The number of hydrogen-bond donors (Lipinski definition) is 1. The Morgan fingerprint density at radius 3 is 2.46 bits per heavy atom. The van der Waals surface area contributed by atoms with E-state index in [1.54, 1.807) is 0 Å². The standard InChI is InChI=1S/C35H35N3O3/c1-23(2)41-34(39)21-29(25-9-4-3-5-10-25)35(40)38-18-8-13-33(38)32-20-28(22-36-32)24-14-16-26(17-15-24)31-19-27-11-6-7-12-30(27)37-31/h3-7,9-12,14-17,19-20,23,29,33,37H,8,13,18,21-22H2,1-2H3/t29-,33+/m1/s1. The number of aromatic amines is 1. The number of amides is 1. The zero-order valence-corrected chi connectivity index (χ0v) is 23.5. The molecule has 0 bridgehead atoms. The Kier molecular flexibility index (Phi) is 7.55. The fourth-order valence-corrected chi connectivity index (χ4v) is 5.96. The fourth-order valence-electron chi connectivity index (χ4n) is 5.96. The van der Waals surface area contributed by atoms with Crippen LogP contribution in [0, 0.1) is 0 Å². The van der Waals surface area contributed by atoms with Crippen LogP contribution in [0.1, 0.15) is 50.2 Å². The molecule has 1 N–H and O–H groups in total. The molecule has 2 aliphatic heterocycles. The molecular formula is C35H35N3O3. The summed E-state index contributed by atoms with van der Waals surface area (Å²) in [6, 6.07) is 28.5. The summed E-state index contributed by atoms with van der Waals surface area (Å²) in [6.45, 7) is 4.91. The molecule has 1 fully saturated rings. The number of nitrogens with one attached hydrogen (secondary N) is 1. The predicted molar refractivity (Wildman–Crippen MR) is 164 cm³/mol. The lowest BCUT2D eigenvalue weighted by Gasteiger charge is -2.29. The minimum absolute atomic E-state index is 0.0283. The average molecular weight is 546 g/mol. The number of esters is 1. The zero-order chi connectivity index (χ0) is 28.3. The van der Waals surface area contributed by atoms with Gasteiger partial charge in [0.05, 0.1) is 36.7 Å². The van der Waals surface area contributed by atoms with Crippen molar-refractivity contribution in [2.24, 2.45) is 4.99 Å². The number of hydrogen-bond acceptors (Lipinski definition) is 4. The van der Waals surface area contributed by atoms with Crippen LogP contribution in [0.2, 0.25) is 0 Å². The molecule has 2 atom stereocenters. The van der Waals surface area contributed by atoms with Crippen LogP contribution in [-0.2, 0) is 14.3 Å². The van der Waals surface area contributed by atoms with Crippen molar-refractivity contribution in [1.29, 1.82) is 0 Å². The van der Waals surface area contributed by atoms with E-state index in [0.29, 0.717) is 13.1 Å². The Bertz CT molecular complexity index is 1580. The smallest absolute Gasteiger partial charge is 0.307 e. The van der Waals surface area contributed by atoms with Gasteiger partial charge in [-0.15, -0.1) is 0 Å². The first-order chi connectivity index (χ1) is 20.0. The van der Waals surface area contributed by atoms with Crippen molar-refractivity contribution in [2.75, 3.05) is 13.1 Å². The van der Waals surface area contributed by atoms with Crippen molar-refractivity contribution in [3.63, 3.8) is 0 Å². The molecule has 6 heteroatoms. The van der Waals surface area contributed by atoms with Crippen LogP contribution in [-0.4, -0.2) is 52.7 Å². The van der Waals surface area contributed by atoms with Gasteiger partial charge in [-0.3, -0.25) is 14.6 Å². The molecule has 6 rings (SSSR count). The van der Waals surface area contributed by atoms with Crippen LogP contribution in [0.15, 0.2) is 96.0 Å². The van der Waals surface area contributed by atoms with Gasteiger partial charge in [-0.2, -0.15) is 0 Å². The summed E-state index contributed by atoms with van der Waals surface area (Å²) in [5, 5.41) is 1.20. The van der Waals surface area contributed by atoms with Gasteiger partial charge in [0.15, 0.2) is 0 Å². The summed E-state index contributed by atoms with van der Waals surface area (Å²) >= 11 is 0. The van der Waals surface area contributed by atoms with Gasteiger partial charge in [-0.25, -0.2) is 0 Å². The summed E-state index contributed by atoms with van der Waals surface area (Å²) in [5.41, 5.74) is 7.44. The second-order valence-electron chi connectivity index (χ2n) is 11.2. The molecule has 41 heavy (non-hydrogen) atoms. The highest BCUT2D eigenvalue weighted by molar-refractivity contribution is 6.09. The number of likely N-dealkylation sites (tertiary alicyclic amines) is 1. The van der Waals surface area contributed by atoms with Gasteiger partial charge in [0, 0.05) is 23.1 Å². The van der Waals surface area contributed by atoms with Crippen LogP contribution in [0.3, 0.4) is 0 Å². The first kappa shape index (κ1) is 26.8. The second-order valence-corrected chi connectivity index (χ2v) is 11.2. The number of carbonyl (C=O) groups is 2. The quantitative estimate of drug-likeness (QED) is 0.248. The number of para-hydroxylation sites is 1. The Morgan fingerprint density at radius 1 is 0.976 bits per heavy atom. The molecule has 2 aliphatic rings. The van der Waals surface area contributed by atoms with Crippen LogP contribution < -0.4 is 0 Å². The number of H-pyrrole nitrogens is 1. The molecule has 1 amide bonds. The minimum atomic E-state index is -0.578. The summed E-state index contributed by atoms with van der Waals surface area (Å²) in [4.78, 5) is 36.9. The molecule has 1 aromatic heterocycles. The maximum atomic E-state index is 14.0. The van der Waals surface area contributed by atoms with Gasteiger partial charge in [-0.1, -0.05) is 72.8 Å². The number of carbonyl (C=O) groups excluding carboxylic acids is 2. The van der Waals surface area contributed by atoms with Gasteiger partial charge in [0.25, 0.3) is 0 Å². The van der Waals surface area contributed by atoms with E-state index >= 15 is 0 Å². The van der Waals surface area contributed by atoms with Gasteiger partial charge in [0.2, 0.25) is 5.91 Å². The van der Waals surface area contributed by atoms with Gasteiger partial charge >= 0.3 is 5.97 Å². The fraction of sp³-hybridized carbons (Fsp3) is 0.286. The molecule has 0 saturated carbocycles. The van der Waals surface area contributed by atoms with E-state index in [-0.39, 0.29) is 30.4 Å². The number of fused-ring (bicyclic) bond motifs is 1. The highest BCUT2D eigenvalue weighted by Gasteiger charge is 2.37. The predicted octanol–water partition coefficient (Wildman–Crippen LogP) is 6.79. The van der Waals surface area contributed by atoms with Crippen molar-refractivity contribution in [3.05, 3.63) is 102 Å². The molecule has 3 heterocycles. The van der Waals surface area contributed by atoms with E-state index < -0.39 is 5.92 Å². The van der Waals surface area contributed by atoms with E-state index in [4.69, 9.17) is 9.73 Å². The minimum Gasteiger partial charge on any atom is -0.463 e. The number of ether oxygens (including phenoxy) is 1. The maximum absolute atomic E-state index is 14.0. The van der Waals surface area contributed by atoms with Gasteiger partial charge in [0.1, 0.15) is 0 Å². The Balaban J connectivity index is 1.19. The molecule has 4 aromatic rings. The van der Waals surface area contributed by atoms with Crippen molar-refractivity contribution < 1.29 is 14.3 Å². The Morgan fingerprint density at radius 2 is 1.71 bits per heavy atom. The lowest BCUT2D eigenvalue weighted by atomic mass is 9.93. The van der Waals surface area contributed by atoms with E-state index in [1.807, 2.05) is 55.1 Å². The van der Waals surface area contributed by atoms with Crippen molar-refractivity contribution >= 4 is 34.1 Å². The third kappa shape index (κ3) is 5.73. The van der Waals surface area contributed by atoms with Crippen molar-refractivity contribution in [3.8, 4) is 11.3 Å². The van der Waals surface area contributed by atoms with Crippen LogP contribution in [0.4, 0.5) is 0 Å². The maximum Gasteiger partial charge on any atom is 0.307 e. The van der Waals surface area contributed by atoms with Gasteiger partial charge in [-0.05, 0) is 67.2 Å². The summed E-state index contributed by atoms with van der Waals surface area (Å²) in [7, 11) is 0. The molecule has 0 spiro atoms. The third-order valence-corrected chi connectivity index (χ3v) is 7.97. The summed E-state index contributed by atoms with van der Waals surface area (Å²) < 4.78 is 5.41. The van der Waals surface area contributed by atoms with Crippen LogP contribution in [0.25, 0.3) is 27.7 Å². The van der Waals surface area contributed by atoms with E-state index in [0.717, 1.165) is 52.0 Å². The lowest BCUT2D eigenvalue weighted by Crippen LogP contribution is -2.42. The first-order valence-corrected chi connectivity index (χ1v) is 14.4. The molecule has 0 unspecified atom stereocenters. The molecule has 0 aliphatic carbocycles. The number of nitrogens with zero attached hydrogens (tertiary/aromatic N) is 2. The van der Waals surface area contributed by atoms with Crippen molar-refractivity contribution in [2.45, 2.75) is 51.2 Å². The molecule has 3 aromatic carbocycles.